The van der Waals surface area contributed by atoms with Crippen molar-refractivity contribution < 1.29 is 18.8 Å². The summed E-state index contributed by atoms with van der Waals surface area (Å²) in [5.74, 6) is -0.0583. The Kier molecular flexibility index (Phi) is 9.01. The molecule has 0 aromatic heterocycles. The maximum absolute atomic E-state index is 11.2. The molecule has 2 N–H and O–H groups in total. The topological polar surface area (TPSA) is 67.8 Å². The molecule has 0 aliphatic rings. The molecule has 0 saturated heterocycles. The summed E-state index contributed by atoms with van der Waals surface area (Å²) >= 11 is 1.34. The highest BCUT2D eigenvalue weighted by molar-refractivity contribution is 7.94. The highest BCUT2D eigenvalue weighted by Crippen LogP contribution is 2.17. The number of hydrogen-bond donors (Lipinski definition) is 2. The smallest absolute Gasteiger partial charge is 0.333 e. The predicted molar refractivity (Wildman–Crippen MR) is 111 cm³/mol. The number of ether oxygens (including phenoxy) is 1. The van der Waals surface area contributed by atoms with Crippen molar-refractivity contribution in [2.75, 3.05) is 24.7 Å². The summed E-state index contributed by atoms with van der Waals surface area (Å²) in [6, 6.07) is 16.0. The maximum atomic E-state index is 11.2. The normalized spacial score (nSPS) is 11.8. The van der Waals surface area contributed by atoms with Crippen molar-refractivity contribution in [2.24, 2.45) is 0 Å². The fraction of sp³-hybridized carbons (Fsp3) is 0.381. The monoisotopic (exact) mass is 389 g/mol. The Bertz CT molecular complexity index is 706. The number of carbonyl (C=O) groups is 1. The average molecular weight is 390 g/mol. The van der Waals surface area contributed by atoms with Gasteiger partial charge in [0.25, 0.3) is 0 Å². The second-order valence-electron chi connectivity index (χ2n) is 6.11. The van der Waals surface area contributed by atoms with Crippen LogP contribution in [0.1, 0.15) is 24.5 Å². The largest absolute Gasteiger partial charge is 0.479 e. The van der Waals surface area contributed by atoms with E-state index in [1.165, 1.54) is 17.6 Å². The van der Waals surface area contributed by atoms with Gasteiger partial charge in [0.05, 0.1) is 12.0 Å². The molecule has 0 radical (unpaired) electrons. The van der Waals surface area contributed by atoms with Crippen LogP contribution in [-0.4, -0.2) is 36.6 Å². The third kappa shape index (κ3) is 7.53. The first-order chi connectivity index (χ1) is 13.1. The van der Waals surface area contributed by atoms with Gasteiger partial charge in [-0.3, -0.25) is 0 Å². The molecule has 5 nitrogen and oxygen atoms in total. The fourth-order valence-corrected chi connectivity index (χ4v) is 3.08. The Morgan fingerprint density at radius 3 is 2.63 bits per heavy atom. The first-order valence-electron chi connectivity index (χ1n) is 9.09. The zero-order valence-corrected chi connectivity index (χ0v) is 16.6. The summed E-state index contributed by atoms with van der Waals surface area (Å²) in [7, 11) is 0. The van der Waals surface area contributed by atoms with Crippen LogP contribution in [0.2, 0.25) is 0 Å². The molecule has 0 aliphatic heterocycles. The van der Waals surface area contributed by atoms with Crippen LogP contribution in [0.25, 0.3) is 0 Å². The summed E-state index contributed by atoms with van der Waals surface area (Å²) in [5.41, 5.74) is 3.22. The molecule has 0 aliphatic carbocycles. The van der Waals surface area contributed by atoms with Gasteiger partial charge in [0.15, 0.2) is 6.10 Å². The van der Waals surface area contributed by atoms with Crippen LogP contribution in [-0.2, 0) is 22.4 Å². The number of rotatable bonds is 12. The molecule has 6 heteroatoms. The summed E-state index contributed by atoms with van der Waals surface area (Å²) in [6.07, 6.45) is 3.45. The van der Waals surface area contributed by atoms with Gasteiger partial charge < -0.3 is 19.3 Å². The number of carboxylic acids is 1. The van der Waals surface area contributed by atoms with E-state index in [0.29, 0.717) is 13.0 Å². The molecular formula is C21H27NO4S. The predicted octanol–water partition coefficient (Wildman–Crippen LogP) is 4.42. The van der Waals surface area contributed by atoms with Crippen molar-refractivity contribution in [2.45, 2.75) is 32.3 Å². The molecule has 0 bridgehead atoms. The Hall–Kier alpha value is -2.18. The molecule has 0 fully saturated rings. The van der Waals surface area contributed by atoms with Crippen molar-refractivity contribution in [3.63, 3.8) is 0 Å². The van der Waals surface area contributed by atoms with Crippen LogP contribution in [0.15, 0.2) is 48.5 Å². The van der Waals surface area contributed by atoms with Gasteiger partial charge in [0.1, 0.15) is 5.75 Å². The van der Waals surface area contributed by atoms with E-state index in [1.54, 1.807) is 6.92 Å². The molecule has 2 aromatic carbocycles. The van der Waals surface area contributed by atoms with E-state index < -0.39 is 12.1 Å². The SMILES string of the molecule is CCOC(Cc1cccc(NCCCc2ccc(OSC)cc2)c1)C(=O)O. The van der Waals surface area contributed by atoms with Gasteiger partial charge in [-0.1, -0.05) is 24.3 Å². The van der Waals surface area contributed by atoms with Crippen molar-refractivity contribution >= 4 is 23.7 Å². The zero-order chi connectivity index (χ0) is 19.5. The van der Waals surface area contributed by atoms with Gasteiger partial charge >= 0.3 is 5.97 Å². The highest BCUT2D eigenvalue weighted by Gasteiger charge is 2.17. The average Bonchev–Trinajstić information content (AvgIpc) is 2.67. The van der Waals surface area contributed by atoms with Crippen LogP contribution in [0, 0.1) is 0 Å². The number of nitrogens with one attached hydrogen (secondary N) is 1. The van der Waals surface area contributed by atoms with Gasteiger partial charge in [-0.15, -0.1) is 0 Å². The second kappa shape index (κ2) is 11.5. The van der Waals surface area contributed by atoms with E-state index in [-0.39, 0.29) is 0 Å². The molecular weight excluding hydrogens is 362 g/mol. The molecule has 0 spiro atoms. The number of aliphatic carboxylic acids is 1. The first kappa shape index (κ1) is 21.1. The molecule has 27 heavy (non-hydrogen) atoms. The Labute approximate surface area is 165 Å². The van der Waals surface area contributed by atoms with Crippen LogP contribution >= 0.6 is 12.0 Å². The van der Waals surface area contributed by atoms with E-state index in [2.05, 4.69) is 17.4 Å². The standard InChI is InChI=1S/C21H27NO4S/c1-3-25-20(21(23)24)15-17-6-4-8-18(14-17)22-13-5-7-16-9-11-19(12-10-16)26-27-2/h4,6,8-12,14,20,22H,3,5,7,13,15H2,1-2H3,(H,23,24). The molecule has 2 rings (SSSR count). The zero-order valence-electron chi connectivity index (χ0n) is 15.8. The van der Waals surface area contributed by atoms with Gasteiger partial charge in [0, 0.05) is 31.5 Å². The lowest BCUT2D eigenvalue weighted by molar-refractivity contribution is -0.149. The minimum absolute atomic E-state index is 0.364. The fourth-order valence-electron chi connectivity index (χ4n) is 2.77. The van der Waals surface area contributed by atoms with E-state index in [4.69, 9.17) is 8.92 Å². The minimum atomic E-state index is -0.927. The summed E-state index contributed by atoms with van der Waals surface area (Å²) in [6.45, 7) is 3.04. The highest BCUT2D eigenvalue weighted by atomic mass is 32.2. The van der Waals surface area contributed by atoms with Crippen molar-refractivity contribution in [3.05, 3.63) is 59.7 Å². The van der Waals surface area contributed by atoms with E-state index in [0.717, 1.165) is 36.4 Å². The van der Waals surface area contributed by atoms with Gasteiger partial charge in [-0.05, 0) is 55.2 Å². The lowest BCUT2D eigenvalue weighted by Gasteiger charge is -2.13. The van der Waals surface area contributed by atoms with Gasteiger partial charge in [-0.25, -0.2) is 4.79 Å². The molecule has 1 atom stereocenters. The lowest BCUT2D eigenvalue weighted by Crippen LogP contribution is -2.26. The number of carboxylic acid groups (broad SMARTS) is 1. The number of hydrogen-bond acceptors (Lipinski definition) is 5. The van der Waals surface area contributed by atoms with Crippen LogP contribution in [0.3, 0.4) is 0 Å². The van der Waals surface area contributed by atoms with E-state index >= 15 is 0 Å². The molecule has 146 valence electrons. The van der Waals surface area contributed by atoms with Crippen molar-refractivity contribution in [3.8, 4) is 5.75 Å². The number of anilines is 1. The molecule has 0 heterocycles. The third-order valence-electron chi connectivity index (χ3n) is 4.07. The summed E-state index contributed by atoms with van der Waals surface area (Å²) in [4.78, 5) is 11.2. The summed E-state index contributed by atoms with van der Waals surface area (Å²) in [5, 5.41) is 12.6. The van der Waals surface area contributed by atoms with Crippen LogP contribution < -0.4 is 9.50 Å². The second-order valence-corrected chi connectivity index (χ2v) is 6.61. The number of benzene rings is 2. The first-order valence-corrected chi connectivity index (χ1v) is 10.2. The van der Waals surface area contributed by atoms with E-state index in [9.17, 15) is 9.90 Å². The Balaban J connectivity index is 1.79. The van der Waals surface area contributed by atoms with Gasteiger partial charge in [-0.2, -0.15) is 0 Å². The third-order valence-corrected chi connectivity index (χ3v) is 4.42. The minimum Gasteiger partial charge on any atom is -0.479 e. The number of aryl methyl sites for hydroxylation is 1. The van der Waals surface area contributed by atoms with Gasteiger partial charge in [0.2, 0.25) is 0 Å². The van der Waals surface area contributed by atoms with Crippen LogP contribution in [0.5, 0.6) is 5.75 Å². The van der Waals surface area contributed by atoms with Crippen molar-refractivity contribution in [1.29, 1.82) is 0 Å². The van der Waals surface area contributed by atoms with E-state index in [1.807, 2.05) is 42.7 Å². The summed E-state index contributed by atoms with van der Waals surface area (Å²) < 4.78 is 10.7. The Morgan fingerprint density at radius 2 is 1.96 bits per heavy atom. The van der Waals surface area contributed by atoms with Crippen molar-refractivity contribution in [1.82, 2.24) is 0 Å². The molecule has 2 aromatic rings. The Morgan fingerprint density at radius 1 is 1.19 bits per heavy atom. The quantitative estimate of drug-likeness (QED) is 0.414. The molecule has 1 unspecified atom stereocenters. The van der Waals surface area contributed by atoms with Crippen LogP contribution in [0.4, 0.5) is 5.69 Å². The molecule has 0 amide bonds. The molecule has 0 saturated carbocycles. The lowest BCUT2D eigenvalue weighted by atomic mass is 10.1. The maximum Gasteiger partial charge on any atom is 0.333 e.